The van der Waals surface area contributed by atoms with Gasteiger partial charge in [0.1, 0.15) is 0 Å². The van der Waals surface area contributed by atoms with Gasteiger partial charge in [0.25, 0.3) is 5.17 Å². The number of benzene rings is 2. The molecule has 0 radical (unpaired) electrons. The van der Waals surface area contributed by atoms with Crippen LogP contribution in [-0.4, -0.2) is 30.1 Å². The number of unbranched alkanes of at least 4 members (excludes halogenated alkanes) is 8. The molecule has 44 heavy (non-hydrogen) atoms. The van der Waals surface area contributed by atoms with Crippen LogP contribution in [0, 0.1) is 0 Å². The first-order valence-electron chi connectivity index (χ1n) is 17.0. The fourth-order valence-corrected chi connectivity index (χ4v) is 5.68. The summed E-state index contributed by atoms with van der Waals surface area (Å²) in [5.41, 5.74) is 1.11. The van der Waals surface area contributed by atoms with Crippen molar-refractivity contribution in [2.24, 2.45) is 0 Å². The zero-order chi connectivity index (χ0) is 31.9. The molecule has 5 nitrogen and oxygen atoms in total. The molecule has 0 spiro atoms. The van der Waals surface area contributed by atoms with Gasteiger partial charge in [-0.2, -0.15) is 0 Å². The molecule has 2 aromatic carbocycles. The van der Waals surface area contributed by atoms with E-state index in [4.69, 9.17) is 26.4 Å². The van der Waals surface area contributed by atoms with Gasteiger partial charge in [-0.3, -0.25) is 10.1 Å². The Balaban J connectivity index is 0.00000216. The number of thiocarbonyl (C=S) groups is 1. The number of allylic oxidation sites excluding steroid dienone is 1. The molecule has 2 aromatic rings. The van der Waals surface area contributed by atoms with Crippen molar-refractivity contribution in [3.05, 3.63) is 83.9 Å². The van der Waals surface area contributed by atoms with Gasteiger partial charge in [0.2, 0.25) is 5.91 Å². The first-order chi connectivity index (χ1) is 21.4. The molecule has 1 fully saturated rings. The van der Waals surface area contributed by atoms with Gasteiger partial charge >= 0.3 is 0 Å². The second-order valence-electron chi connectivity index (χ2n) is 11.8. The Kier molecular flexibility index (Phi) is 18.9. The van der Waals surface area contributed by atoms with Crippen LogP contribution < -0.4 is 5.32 Å². The van der Waals surface area contributed by atoms with Gasteiger partial charge in [-0.15, -0.1) is 0 Å². The molecule has 1 amide bonds. The van der Waals surface area contributed by atoms with Crippen molar-refractivity contribution in [3.8, 4) is 0 Å². The van der Waals surface area contributed by atoms with Crippen LogP contribution in [0.25, 0.3) is 0 Å². The minimum atomic E-state index is -0.812. The third-order valence-corrected chi connectivity index (χ3v) is 8.00. The lowest BCUT2D eigenvalue weighted by molar-refractivity contribution is -0.168. The highest BCUT2D eigenvalue weighted by Crippen LogP contribution is 2.34. The molecule has 6 heteroatoms. The van der Waals surface area contributed by atoms with Crippen LogP contribution in [0.4, 0.5) is 0 Å². The van der Waals surface area contributed by atoms with E-state index in [-0.39, 0.29) is 23.3 Å². The second-order valence-corrected chi connectivity index (χ2v) is 12.2. The quantitative estimate of drug-likeness (QED) is 0.102. The standard InChI is InChI=1S/C35H49NO4S.C3H8/c1-3-4-5-10-19-26-35(38-28-29-39-35)27-20-11-8-6-7-9-18-25-32(37)36-33(41)40-34(2,30-21-14-12-15-22-30)31-23-16-13-17-24-31;1-3-2/h9,12-18,21-24H,3-8,10-11,19-20,25-29H2,1-2H3,(H,36,37,41);3H2,1-2H3/b18-9+;. The summed E-state index contributed by atoms with van der Waals surface area (Å²) in [4.78, 5) is 12.5. The van der Waals surface area contributed by atoms with Crippen molar-refractivity contribution in [2.75, 3.05) is 13.2 Å². The lowest BCUT2D eigenvalue weighted by Gasteiger charge is -2.31. The topological polar surface area (TPSA) is 56.8 Å². The Morgan fingerprint density at radius 2 is 1.32 bits per heavy atom. The SMILES string of the molecule is CCC.CCCCCCCC1(CCCCCC/C=C/CC(=O)NC(=S)OC(C)(c2ccccc2)c2ccccc2)OCCO1. The van der Waals surface area contributed by atoms with Crippen molar-refractivity contribution in [3.63, 3.8) is 0 Å². The average molecular weight is 624 g/mol. The Hall–Kier alpha value is -2.54. The predicted molar refractivity (Wildman–Crippen MR) is 187 cm³/mol. The highest BCUT2D eigenvalue weighted by Gasteiger charge is 2.35. The highest BCUT2D eigenvalue weighted by molar-refractivity contribution is 7.80. The number of hydrogen-bond acceptors (Lipinski definition) is 5. The van der Waals surface area contributed by atoms with Crippen LogP contribution in [0.2, 0.25) is 0 Å². The van der Waals surface area contributed by atoms with Gasteiger partial charge in [0.15, 0.2) is 11.4 Å². The largest absolute Gasteiger partial charge is 0.455 e. The normalized spacial score (nSPS) is 14.2. The summed E-state index contributed by atoms with van der Waals surface area (Å²) in [7, 11) is 0. The maximum absolute atomic E-state index is 12.5. The summed E-state index contributed by atoms with van der Waals surface area (Å²) in [5, 5.41) is 2.82. The first kappa shape index (κ1) is 37.6. The van der Waals surface area contributed by atoms with E-state index in [2.05, 4.69) is 32.2 Å². The van der Waals surface area contributed by atoms with E-state index in [1.54, 1.807) is 0 Å². The van der Waals surface area contributed by atoms with Crippen molar-refractivity contribution in [2.45, 2.75) is 129 Å². The Bertz CT molecular complexity index is 1030. The Labute approximate surface area is 273 Å². The predicted octanol–water partition coefficient (Wildman–Crippen LogP) is 10.2. The van der Waals surface area contributed by atoms with E-state index in [9.17, 15) is 4.79 Å². The van der Waals surface area contributed by atoms with Crippen molar-refractivity contribution in [1.82, 2.24) is 5.32 Å². The van der Waals surface area contributed by atoms with Crippen LogP contribution in [0.1, 0.15) is 129 Å². The zero-order valence-corrected chi connectivity index (χ0v) is 28.6. The minimum Gasteiger partial charge on any atom is -0.455 e. The van der Waals surface area contributed by atoms with Gasteiger partial charge in [-0.05, 0) is 56.0 Å². The molecule has 0 unspecified atom stereocenters. The van der Waals surface area contributed by atoms with E-state index in [1.807, 2.05) is 73.7 Å². The average Bonchev–Trinajstić information content (AvgIpc) is 3.50. The third-order valence-electron chi connectivity index (χ3n) is 7.81. The lowest BCUT2D eigenvalue weighted by Crippen LogP contribution is -2.38. The highest BCUT2D eigenvalue weighted by atomic mass is 32.1. The summed E-state index contributed by atoms with van der Waals surface area (Å²) in [6.45, 7) is 9.92. The number of carbonyl (C=O) groups is 1. The van der Waals surface area contributed by atoms with E-state index >= 15 is 0 Å². The number of nitrogens with one attached hydrogen (secondary N) is 1. The van der Waals surface area contributed by atoms with Crippen LogP contribution in [0.15, 0.2) is 72.8 Å². The zero-order valence-electron chi connectivity index (χ0n) is 27.8. The van der Waals surface area contributed by atoms with Crippen LogP contribution in [0.5, 0.6) is 0 Å². The maximum atomic E-state index is 12.5. The smallest absolute Gasteiger partial charge is 0.264 e. The fraction of sp³-hybridized carbons (Fsp3) is 0.579. The van der Waals surface area contributed by atoms with E-state index in [1.165, 1.54) is 51.4 Å². The molecule has 1 aliphatic rings. The van der Waals surface area contributed by atoms with Crippen molar-refractivity contribution >= 4 is 23.3 Å². The van der Waals surface area contributed by atoms with Crippen molar-refractivity contribution < 1.29 is 19.0 Å². The number of hydrogen-bond donors (Lipinski definition) is 1. The van der Waals surface area contributed by atoms with E-state index in [0.717, 1.165) is 56.4 Å². The molecule has 0 saturated carbocycles. The number of amides is 1. The molecule has 1 aliphatic heterocycles. The third kappa shape index (κ3) is 14.0. The summed E-state index contributed by atoms with van der Waals surface area (Å²) in [6.07, 6.45) is 19.4. The molecule has 1 heterocycles. The molecular formula is C38H57NO4S. The molecular weight excluding hydrogens is 566 g/mol. The van der Waals surface area contributed by atoms with E-state index < -0.39 is 5.60 Å². The lowest BCUT2D eigenvalue weighted by atomic mass is 9.88. The van der Waals surface area contributed by atoms with Crippen molar-refractivity contribution in [1.29, 1.82) is 0 Å². The second kappa shape index (κ2) is 22.0. The maximum Gasteiger partial charge on any atom is 0.264 e. The minimum absolute atomic E-state index is 0.0764. The molecule has 3 rings (SSSR count). The number of carbonyl (C=O) groups excluding carboxylic acids is 1. The summed E-state index contributed by atoms with van der Waals surface area (Å²) < 4.78 is 18.3. The molecule has 244 valence electrons. The fourth-order valence-electron chi connectivity index (χ4n) is 5.40. The molecule has 1 saturated heterocycles. The number of ether oxygens (including phenoxy) is 3. The van der Waals surface area contributed by atoms with Gasteiger partial charge in [0, 0.05) is 19.3 Å². The van der Waals surface area contributed by atoms with Gasteiger partial charge < -0.3 is 14.2 Å². The van der Waals surface area contributed by atoms with E-state index in [0.29, 0.717) is 0 Å². The van der Waals surface area contributed by atoms with Crippen LogP contribution in [-0.2, 0) is 24.6 Å². The number of rotatable bonds is 18. The molecule has 0 atom stereocenters. The Morgan fingerprint density at radius 3 is 1.84 bits per heavy atom. The monoisotopic (exact) mass is 623 g/mol. The molecule has 0 aromatic heterocycles. The summed E-state index contributed by atoms with van der Waals surface area (Å²) in [6, 6.07) is 19.8. The summed E-state index contributed by atoms with van der Waals surface area (Å²) >= 11 is 5.43. The molecule has 0 aliphatic carbocycles. The molecule has 1 N–H and O–H groups in total. The summed E-state index contributed by atoms with van der Waals surface area (Å²) in [5.74, 6) is -0.505. The van der Waals surface area contributed by atoms with Gasteiger partial charge in [-0.1, -0.05) is 139 Å². The van der Waals surface area contributed by atoms with Gasteiger partial charge in [0.05, 0.1) is 13.2 Å². The first-order valence-corrected chi connectivity index (χ1v) is 17.4. The molecule has 0 bridgehead atoms. The van der Waals surface area contributed by atoms with Crippen LogP contribution >= 0.6 is 12.2 Å². The van der Waals surface area contributed by atoms with Gasteiger partial charge in [-0.25, -0.2) is 0 Å². The Morgan fingerprint density at radius 1 is 0.818 bits per heavy atom. The van der Waals surface area contributed by atoms with Crippen LogP contribution in [0.3, 0.4) is 0 Å².